The highest BCUT2D eigenvalue weighted by Gasteiger charge is 2.13. The van der Waals surface area contributed by atoms with Gasteiger partial charge in [0.05, 0.1) is 12.7 Å². The summed E-state index contributed by atoms with van der Waals surface area (Å²) in [6.07, 6.45) is 5.19. The lowest BCUT2D eigenvalue weighted by molar-refractivity contribution is 0.220. The van der Waals surface area contributed by atoms with E-state index in [-0.39, 0.29) is 23.3 Å². The van der Waals surface area contributed by atoms with Crippen LogP contribution in [0.4, 0.5) is 4.39 Å². The van der Waals surface area contributed by atoms with Crippen molar-refractivity contribution in [1.29, 1.82) is 0 Å². The van der Waals surface area contributed by atoms with E-state index in [1.54, 1.807) is 12.1 Å². The summed E-state index contributed by atoms with van der Waals surface area (Å²) in [6.45, 7) is 7.81. The van der Waals surface area contributed by atoms with Crippen LogP contribution < -0.4 is 5.69 Å². The molecule has 0 spiro atoms. The van der Waals surface area contributed by atoms with Crippen LogP contribution >= 0.6 is 0 Å². The molecule has 170 valence electrons. The van der Waals surface area contributed by atoms with Gasteiger partial charge in [-0.15, -0.1) is 0 Å². The second-order valence-corrected chi connectivity index (χ2v) is 9.28. The number of nitrogens with zero attached hydrogens (tertiary/aromatic N) is 3. The van der Waals surface area contributed by atoms with Gasteiger partial charge in [0.15, 0.2) is 0 Å². The van der Waals surface area contributed by atoms with Gasteiger partial charge in [-0.1, -0.05) is 44.5 Å². The van der Waals surface area contributed by atoms with Gasteiger partial charge in [0.25, 0.3) is 0 Å². The molecule has 0 atom stereocenters. The molecule has 2 aromatic carbocycles. The van der Waals surface area contributed by atoms with Gasteiger partial charge in [-0.25, -0.2) is 9.18 Å². The van der Waals surface area contributed by atoms with Crippen LogP contribution in [0.15, 0.2) is 53.5 Å². The topological polar surface area (TPSA) is 50.4 Å². The van der Waals surface area contributed by atoms with Gasteiger partial charge < -0.3 is 5.11 Å². The minimum Gasteiger partial charge on any atom is -0.493 e. The quantitative estimate of drug-likeness (QED) is 0.575. The first-order valence-electron chi connectivity index (χ1n) is 11.5. The summed E-state index contributed by atoms with van der Waals surface area (Å²) < 4.78 is 17.2. The van der Waals surface area contributed by atoms with Gasteiger partial charge in [0.1, 0.15) is 5.82 Å². The Morgan fingerprint density at radius 2 is 1.66 bits per heavy atom. The van der Waals surface area contributed by atoms with Gasteiger partial charge in [-0.05, 0) is 72.3 Å². The molecule has 1 N–H and O–H groups in total. The van der Waals surface area contributed by atoms with E-state index in [0.29, 0.717) is 13.1 Å². The zero-order chi connectivity index (χ0) is 22.7. The average Bonchev–Trinajstić information content (AvgIpc) is 3.01. The molecule has 5 nitrogen and oxygen atoms in total. The Morgan fingerprint density at radius 3 is 2.34 bits per heavy atom. The van der Waals surface area contributed by atoms with Crippen LogP contribution in [-0.4, -0.2) is 32.2 Å². The van der Waals surface area contributed by atoms with E-state index in [4.69, 9.17) is 0 Å². The molecule has 0 bridgehead atoms. The second-order valence-electron chi connectivity index (χ2n) is 9.28. The number of aromatic hydroxyl groups is 1. The monoisotopic (exact) mass is 437 g/mol. The number of likely N-dealkylation sites (tertiary alicyclic amines) is 1. The Morgan fingerprint density at radius 1 is 0.938 bits per heavy atom. The first kappa shape index (κ1) is 22.3. The SMILES string of the molecule is CC(C)Cn1c(O)cn(Cc2ccc(-c3cc(F)cc(CN4CCCCC4)c3)cc2)c1=O. The number of aromatic nitrogens is 2. The molecule has 0 radical (unpaired) electrons. The highest BCUT2D eigenvalue weighted by molar-refractivity contribution is 5.64. The lowest BCUT2D eigenvalue weighted by Gasteiger charge is -2.26. The van der Waals surface area contributed by atoms with E-state index in [1.165, 1.54) is 34.6 Å². The number of hydrogen-bond donors (Lipinski definition) is 1. The van der Waals surface area contributed by atoms with Crippen LogP contribution in [0.25, 0.3) is 11.1 Å². The summed E-state index contributed by atoms with van der Waals surface area (Å²) in [5.74, 6) is 0.0354. The van der Waals surface area contributed by atoms with E-state index in [2.05, 4.69) is 11.0 Å². The molecule has 32 heavy (non-hydrogen) atoms. The molecule has 3 aromatic rings. The summed E-state index contributed by atoms with van der Waals surface area (Å²) >= 11 is 0. The zero-order valence-electron chi connectivity index (χ0n) is 18.9. The molecule has 2 heterocycles. The Labute approximate surface area is 188 Å². The van der Waals surface area contributed by atoms with Crippen molar-refractivity contribution in [2.75, 3.05) is 13.1 Å². The Hall–Kier alpha value is -2.86. The fourth-order valence-electron chi connectivity index (χ4n) is 4.45. The second kappa shape index (κ2) is 9.74. The standard InChI is InChI=1S/C26H32FN3O2/c1-19(2)15-30-25(31)18-29(26(30)32)17-20-6-8-22(9-7-20)23-12-21(13-24(27)14-23)16-28-10-4-3-5-11-28/h6-9,12-14,18-19,31H,3-5,10-11,15-17H2,1-2H3. The lowest BCUT2D eigenvalue weighted by atomic mass is 10.0. The maximum atomic E-state index is 14.3. The molecule has 0 saturated carbocycles. The zero-order valence-corrected chi connectivity index (χ0v) is 18.9. The van der Waals surface area contributed by atoms with Gasteiger partial charge in [0.2, 0.25) is 5.88 Å². The van der Waals surface area contributed by atoms with Crippen LogP contribution in [0, 0.1) is 11.7 Å². The van der Waals surface area contributed by atoms with Gasteiger partial charge in [-0.2, -0.15) is 0 Å². The van der Waals surface area contributed by atoms with Crippen LogP contribution in [-0.2, 0) is 19.6 Å². The van der Waals surface area contributed by atoms with Crippen LogP contribution in [0.1, 0.15) is 44.2 Å². The molecule has 1 aliphatic heterocycles. The van der Waals surface area contributed by atoms with E-state index >= 15 is 0 Å². The number of hydrogen-bond acceptors (Lipinski definition) is 3. The molecule has 1 aliphatic rings. The highest BCUT2D eigenvalue weighted by atomic mass is 19.1. The summed E-state index contributed by atoms with van der Waals surface area (Å²) in [5, 5.41) is 10.1. The number of rotatable bonds is 7. The molecular weight excluding hydrogens is 405 g/mol. The smallest absolute Gasteiger partial charge is 0.331 e. The summed E-state index contributed by atoms with van der Waals surface area (Å²) in [5.41, 5.74) is 3.54. The van der Waals surface area contributed by atoms with Crippen molar-refractivity contribution in [3.63, 3.8) is 0 Å². The summed E-state index contributed by atoms with van der Waals surface area (Å²) in [6, 6.07) is 13.1. The summed E-state index contributed by atoms with van der Waals surface area (Å²) in [7, 11) is 0. The number of halogens is 1. The summed E-state index contributed by atoms with van der Waals surface area (Å²) in [4.78, 5) is 15.0. The van der Waals surface area contributed by atoms with Crippen molar-refractivity contribution in [1.82, 2.24) is 14.0 Å². The predicted molar refractivity (Wildman–Crippen MR) is 125 cm³/mol. The van der Waals surface area contributed by atoms with Crippen molar-refractivity contribution < 1.29 is 9.50 Å². The average molecular weight is 438 g/mol. The Balaban J connectivity index is 1.50. The minimum atomic E-state index is -0.216. The first-order valence-corrected chi connectivity index (χ1v) is 11.5. The molecule has 0 aliphatic carbocycles. The van der Waals surface area contributed by atoms with Gasteiger partial charge >= 0.3 is 5.69 Å². The van der Waals surface area contributed by atoms with Crippen LogP contribution in [0.5, 0.6) is 5.88 Å². The van der Waals surface area contributed by atoms with E-state index in [9.17, 15) is 14.3 Å². The Kier molecular flexibility index (Phi) is 6.80. The lowest BCUT2D eigenvalue weighted by Crippen LogP contribution is -2.29. The third kappa shape index (κ3) is 5.30. The molecular formula is C26H32FN3O2. The first-order chi connectivity index (χ1) is 15.4. The molecule has 1 fully saturated rings. The van der Waals surface area contributed by atoms with Gasteiger partial charge in [-0.3, -0.25) is 14.0 Å². The van der Waals surface area contributed by atoms with Gasteiger partial charge in [0, 0.05) is 13.1 Å². The Bertz CT molecular complexity index is 1110. The van der Waals surface area contributed by atoms with E-state index in [1.807, 2.05) is 38.1 Å². The van der Waals surface area contributed by atoms with Crippen molar-refractivity contribution in [2.24, 2.45) is 5.92 Å². The number of imidazole rings is 1. The maximum Gasteiger partial charge on any atom is 0.331 e. The fraction of sp³-hybridized carbons (Fsp3) is 0.423. The molecule has 1 aromatic heterocycles. The van der Waals surface area contributed by atoms with E-state index < -0.39 is 0 Å². The normalized spacial score (nSPS) is 14.9. The van der Waals surface area contributed by atoms with Crippen molar-refractivity contribution >= 4 is 0 Å². The maximum absolute atomic E-state index is 14.3. The van der Waals surface area contributed by atoms with Crippen molar-refractivity contribution in [3.05, 3.63) is 76.1 Å². The van der Waals surface area contributed by atoms with E-state index in [0.717, 1.165) is 41.9 Å². The number of piperidine rings is 1. The van der Waals surface area contributed by atoms with Crippen LogP contribution in [0.2, 0.25) is 0 Å². The largest absolute Gasteiger partial charge is 0.493 e. The molecule has 6 heteroatoms. The third-order valence-electron chi connectivity index (χ3n) is 6.02. The molecule has 4 rings (SSSR count). The molecule has 0 unspecified atom stereocenters. The van der Waals surface area contributed by atoms with Crippen molar-refractivity contribution in [2.45, 2.75) is 52.7 Å². The van der Waals surface area contributed by atoms with Crippen LogP contribution in [0.3, 0.4) is 0 Å². The van der Waals surface area contributed by atoms with Crippen molar-refractivity contribution in [3.8, 4) is 17.0 Å². The predicted octanol–water partition coefficient (Wildman–Crippen LogP) is 4.85. The molecule has 0 amide bonds. The highest BCUT2D eigenvalue weighted by Crippen LogP contribution is 2.24. The third-order valence-corrected chi connectivity index (χ3v) is 6.02. The number of benzene rings is 2. The minimum absolute atomic E-state index is 0.0127. The molecule has 1 saturated heterocycles. The fourth-order valence-corrected chi connectivity index (χ4v) is 4.45.